The number of carbonyl (C=O) groups is 1. The maximum Gasteiger partial charge on any atom is 0.330 e. The monoisotopic (exact) mass is 271 g/mol. The number of thioether (sulfide) groups is 1. The first-order valence-corrected chi connectivity index (χ1v) is 6.51. The van der Waals surface area contributed by atoms with Crippen molar-refractivity contribution in [1.29, 1.82) is 0 Å². The van der Waals surface area contributed by atoms with Gasteiger partial charge < -0.3 is 10.5 Å². The molecule has 0 unspecified atom stereocenters. The Morgan fingerprint density at radius 3 is 3.00 bits per heavy atom. The quantitative estimate of drug-likeness (QED) is 0.387. The maximum absolute atomic E-state index is 11.0. The molecule has 0 heterocycles. The molecule has 0 amide bonds. The smallest absolute Gasteiger partial charge is 0.330 e. The molecule has 17 heavy (non-hydrogen) atoms. The number of rotatable bonds is 5. The van der Waals surface area contributed by atoms with Crippen molar-refractivity contribution in [2.24, 2.45) is 0 Å². The first-order valence-electron chi connectivity index (χ1n) is 5.14. The third-order valence-electron chi connectivity index (χ3n) is 1.83. The van der Waals surface area contributed by atoms with Crippen LogP contribution in [0.1, 0.15) is 6.92 Å². The third-order valence-corrected chi connectivity index (χ3v) is 3.28. The van der Waals surface area contributed by atoms with E-state index in [1.165, 1.54) is 17.8 Å². The molecule has 0 aliphatic rings. The van der Waals surface area contributed by atoms with Crippen LogP contribution in [-0.4, -0.2) is 18.3 Å². The van der Waals surface area contributed by atoms with Gasteiger partial charge in [0.05, 0.1) is 11.6 Å². The van der Waals surface area contributed by atoms with Crippen molar-refractivity contribution < 1.29 is 9.53 Å². The van der Waals surface area contributed by atoms with Gasteiger partial charge in [0.1, 0.15) is 0 Å². The maximum atomic E-state index is 11.0. The molecule has 0 fully saturated rings. The number of hydrogen-bond acceptors (Lipinski definition) is 4. The van der Waals surface area contributed by atoms with Crippen molar-refractivity contribution in [3.05, 3.63) is 35.4 Å². The van der Waals surface area contributed by atoms with Crippen molar-refractivity contribution in [3.8, 4) is 0 Å². The van der Waals surface area contributed by atoms with E-state index >= 15 is 0 Å². The van der Waals surface area contributed by atoms with Gasteiger partial charge in [0.15, 0.2) is 0 Å². The zero-order valence-corrected chi connectivity index (χ0v) is 11.1. The molecule has 2 N–H and O–H groups in total. The van der Waals surface area contributed by atoms with Gasteiger partial charge in [0.2, 0.25) is 0 Å². The van der Waals surface area contributed by atoms with Gasteiger partial charge in [0.25, 0.3) is 0 Å². The van der Waals surface area contributed by atoms with Crippen LogP contribution >= 0.6 is 23.4 Å². The molecule has 0 bridgehead atoms. The summed E-state index contributed by atoms with van der Waals surface area (Å²) in [5.41, 5.74) is 6.23. The number of ether oxygens (including phenoxy) is 1. The SMILES string of the molecule is CCOC(=O)/C=C/CSc1ccc(N)cc1Cl. The van der Waals surface area contributed by atoms with Crippen LogP contribution in [0.4, 0.5) is 5.69 Å². The Balaban J connectivity index is 2.43. The summed E-state index contributed by atoms with van der Waals surface area (Å²) in [7, 11) is 0. The summed E-state index contributed by atoms with van der Waals surface area (Å²) in [5.74, 6) is 0.333. The number of benzene rings is 1. The molecule has 0 aliphatic carbocycles. The molecule has 0 atom stereocenters. The molecule has 0 saturated heterocycles. The summed E-state index contributed by atoms with van der Waals surface area (Å²) in [4.78, 5) is 11.9. The number of esters is 1. The number of anilines is 1. The van der Waals surface area contributed by atoms with Gasteiger partial charge in [0, 0.05) is 22.4 Å². The van der Waals surface area contributed by atoms with Crippen LogP contribution in [0, 0.1) is 0 Å². The summed E-state index contributed by atoms with van der Waals surface area (Å²) >= 11 is 7.54. The highest BCUT2D eigenvalue weighted by Gasteiger charge is 2.00. The van der Waals surface area contributed by atoms with E-state index in [-0.39, 0.29) is 5.97 Å². The molecule has 0 aliphatic heterocycles. The van der Waals surface area contributed by atoms with Crippen LogP contribution in [0.15, 0.2) is 35.2 Å². The van der Waals surface area contributed by atoms with E-state index in [1.807, 2.05) is 6.07 Å². The second kappa shape index (κ2) is 7.25. The Bertz CT molecular complexity index is 421. The zero-order valence-electron chi connectivity index (χ0n) is 9.48. The van der Waals surface area contributed by atoms with Gasteiger partial charge >= 0.3 is 5.97 Å². The first-order chi connectivity index (χ1) is 8.13. The highest BCUT2D eigenvalue weighted by Crippen LogP contribution is 2.28. The fourth-order valence-electron chi connectivity index (χ4n) is 1.11. The minimum atomic E-state index is -0.323. The largest absolute Gasteiger partial charge is 0.463 e. The lowest BCUT2D eigenvalue weighted by Gasteiger charge is -2.02. The van der Waals surface area contributed by atoms with Crippen molar-refractivity contribution in [3.63, 3.8) is 0 Å². The van der Waals surface area contributed by atoms with Crippen LogP contribution in [0.5, 0.6) is 0 Å². The average molecular weight is 272 g/mol. The van der Waals surface area contributed by atoms with Crippen LogP contribution in [0.3, 0.4) is 0 Å². The Labute approximate surface area is 110 Å². The lowest BCUT2D eigenvalue weighted by molar-refractivity contribution is -0.137. The number of hydrogen-bond donors (Lipinski definition) is 1. The van der Waals surface area contributed by atoms with Gasteiger partial charge in [-0.3, -0.25) is 0 Å². The van der Waals surface area contributed by atoms with Crippen LogP contribution in [-0.2, 0) is 9.53 Å². The average Bonchev–Trinajstić information content (AvgIpc) is 2.27. The number of carbonyl (C=O) groups excluding carboxylic acids is 1. The number of nitrogen functional groups attached to an aromatic ring is 1. The first kappa shape index (κ1) is 13.9. The Morgan fingerprint density at radius 1 is 1.59 bits per heavy atom. The lowest BCUT2D eigenvalue weighted by atomic mass is 10.3. The topological polar surface area (TPSA) is 52.3 Å². The molecule has 5 heteroatoms. The second-order valence-corrected chi connectivity index (χ2v) is 4.62. The molecule has 0 radical (unpaired) electrons. The van der Waals surface area contributed by atoms with E-state index in [1.54, 1.807) is 25.1 Å². The lowest BCUT2D eigenvalue weighted by Crippen LogP contribution is -1.98. The highest BCUT2D eigenvalue weighted by atomic mass is 35.5. The molecule has 92 valence electrons. The molecular weight excluding hydrogens is 258 g/mol. The molecule has 1 aromatic carbocycles. The molecular formula is C12H14ClNO2S. The summed E-state index contributed by atoms with van der Waals surface area (Å²) in [6, 6.07) is 5.36. The van der Waals surface area contributed by atoms with Crippen molar-refractivity contribution in [2.45, 2.75) is 11.8 Å². The molecule has 1 rings (SSSR count). The van der Waals surface area contributed by atoms with E-state index in [4.69, 9.17) is 22.1 Å². The summed E-state index contributed by atoms with van der Waals surface area (Å²) in [6.07, 6.45) is 3.16. The normalized spacial score (nSPS) is 10.7. The van der Waals surface area contributed by atoms with Crippen LogP contribution in [0.25, 0.3) is 0 Å². The minimum Gasteiger partial charge on any atom is -0.463 e. The van der Waals surface area contributed by atoms with E-state index in [0.29, 0.717) is 23.1 Å². The van der Waals surface area contributed by atoms with Gasteiger partial charge in [-0.25, -0.2) is 4.79 Å². The fraction of sp³-hybridized carbons (Fsp3) is 0.250. The summed E-state index contributed by atoms with van der Waals surface area (Å²) in [5, 5.41) is 0.625. The van der Waals surface area contributed by atoms with Gasteiger partial charge in [-0.1, -0.05) is 17.7 Å². The van der Waals surface area contributed by atoms with E-state index in [0.717, 1.165) is 4.90 Å². The Morgan fingerprint density at radius 2 is 2.35 bits per heavy atom. The van der Waals surface area contributed by atoms with E-state index in [9.17, 15) is 4.79 Å². The van der Waals surface area contributed by atoms with Gasteiger partial charge in [-0.15, -0.1) is 11.8 Å². The minimum absolute atomic E-state index is 0.323. The van der Waals surface area contributed by atoms with E-state index in [2.05, 4.69) is 0 Å². The van der Waals surface area contributed by atoms with Crippen LogP contribution in [0.2, 0.25) is 5.02 Å². The van der Waals surface area contributed by atoms with Crippen molar-refractivity contribution in [2.75, 3.05) is 18.1 Å². The third kappa shape index (κ3) is 5.15. The Kier molecular flexibility index (Phi) is 5.94. The predicted molar refractivity (Wildman–Crippen MR) is 72.4 cm³/mol. The standard InChI is InChI=1S/C12H14ClNO2S/c1-2-16-12(15)4-3-7-17-11-6-5-9(14)8-10(11)13/h3-6,8H,2,7,14H2,1H3/b4-3+. The summed E-state index contributed by atoms with van der Waals surface area (Å²) in [6.45, 7) is 2.16. The Hall–Kier alpha value is -1.13. The summed E-state index contributed by atoms with van der Waals surface area (Å²) < 4.78 is 4.76. The van der Waals surface area contributed by atoms with Gasteiger partial charge in [-0.2, -0.15) is 0 Å². The van der Waals surface area contributed by atoms with Crippen molar-refractivity contribution in [1.82, 2.24) is 0 Å². The van der Waals surface area contributed by atoms with E-state index < -0.39 is 0 Å². The molecule has 3 nitrogen and oxygen atoms in total. The molecule has 0 spiro atoms. The second-order valence-electron chi connectivity index (χ2n) is 3.16. The van der Waals surface area contributed by atoms with Gasteiger partial charge in [-0.05, 0) is 25.1 Å². The highest BCUT2D eigenvalue weighted by molar-refractivity contribution is 7.99. The fourth-order valence-corrected chi connectivity index (χ4v) is 2.19. The molecule has 1 aromatic rings. The van der Waals surface area contributed by atoms with Crippen molar-refractivity contribution >= 4 is 35.0 Å². The predicted octanol–water partition coefficient (Wildman–Crippen LogP) is 3.13. The molecule has 0 saturated carbocycles. The van der Waals surface area contributed by atoms with Crippen LogP contribution < -0.4 is 5.73 Å². The molecule has 0 aromatic heterocycles. The number of halogens is 1. The number of nitrogens with two attached hydrogens (primary N) is 1. The zero-order chi connectivity index (χ0) is 12.7.